The fraction of sp³-hybridized carbons (Fsp3) is 0.900. The van der Waals surface area contributed by atoms with Crippen LogP contribution in [0.5, 0.6) is 0 Å². The maximum atomic E-state index is 12.0. The van der Waals surface area contributed by atoms with Crippen LogP contribution < -0.4 is 5.32 Å². The fourth-order valence-corrected chi connectivity index (χ4v) is 3.88. The quantitative estimate of drug-likeness (QED) is 0.774. The molecule has 1 aliphatic rings. The van der Waals surface area contributed by atoms with E-state index in [1.165, 1.54) is 0 Å². The van der Waals surface area contributed by atoms with Crippen molar-refractivity contribution in [3.8, 4) is 0 Å². The summed E-state index contributed by atoms with van der Waals surface area (Å²) in [6.07, 6.45) is 0. The van der Waals surface area contributed by atoms with E-state index in [-0.39, 0.29) is 18.2 Å². The number of amides is 1. The molecular weight excluding hydrogens is 228 g/mol. The molecule has 5 nitrogen and oxygen atoms in total. The Morgan fingerprint density at radius 3 is 2.25 bits per heavy atom. The van der Waals surface area contributed by atoms with Crippen molar-refractivity contribution in [2.75, 3.05) is 19.3 Å². The molecule has 0 spiro atoms. The smallest absolute Gasteiger partial charge is 0.242 e. The van der Waals surface area contributed by atoms with Gasteiger partial charge in [-0.1, -0.05) is 0 Å². The second-order valence-electron chi connectivity index (χ2n) is 5.59. The van der Waals surface area contributed by atoms with Gasteiger partial charge in [0, 0.05) is 5.54 Å². The van der Waals surface area contributed by atoms with Crippen LogP contribution in [0.1, 0.15) is 27.7 Å². The summed E-state index contributed by atoms with van der Waals surface area (Å²) in [5.74, 6) is -0.408. The van der Waals surface area contributed by atoms with E-state index in [2.05, 4.69) is 5.32 Å². The summed E-state index contributed by atoms with van der Waals surface area (Å²) in [5.41, 5.74) is -1.22. The highest BCUT2D eigenvalue weighted by atomic mass is 32.2. The van der Waals surface area contributed by atoms with Crippen LogP contribution in [-0.2, 0) is 14.8 Å². The highest BCUT2D eigenvalue weighted by Crippen LogP contribution is 2.32. The molecule has 0 aliphatic carbocycles. The minimum Gasteiger partial charge on any atom is -0.313 e. The third-order valence-electron chi connectivity index (χ3n) is 2.90. The molecule has 1 saturated heterocycles. The molecule has 0 aromatic rings. The number of carbonyl (C=O) groups excluding carboxylic acids is 1. The van der Waals surface area contributed by atoms with Gasteiger partial charge >= 0.3 is 0 Å². The lowest BCUT2D eigenvalue weighted by molar-refractivity contribution is -0.132. The first-order valence-electron chi connectivity index (χ1n) is 5.26. The van der Waals surface area contributed by atoms with E-state index in [1.807, 2.05) is 13.8 Å². The highest BCUT2D eigenvalue weighted by molar-refractivity contribution is 7.90. The van der Waals surface area contributed by atoms with Gasteiger partial charge in [0.05, 0.1) is 17.7 Å². The Hall–Kier alpha value is -0.620. The third kappa shape index (κ3) is 2.38. The molecule has 0 bridgehead atoms. The SMILES string of the molecule is CNC(C)(C)CN1C(=O)C(C)(C)CS1(=O)=O. The van der Waals surface area contributed by atoms with E-state index in [9.17, 15) is 13.2 Å². The van der Waals surface area contributed by atoms with Crippen molar-refractivity contribution in [1.82, 2.24) is 9.62 Å². The Kier molecular flexibility index (Phi) is 3.11. The van der Waals surface area contributed by atoms with Crippen LogP contribution in [0.3, 0.4) is 0 Å². The van der Waals surface area contributed by atoms with Crippen LogP contribution in [-0.4, -0.2) is 43.5 Å². The first kappa shape index (κ1) is 13.4. The fourth-order valence-electron chi connectivity index (χ4n) is 1.67. The standard InChI is InChI=1S/C10H20N2O3S/c1-9(2)7-16(14,15)12(8(9)13)6-10(3,4)11-5/h11H,6-7H2,1-5H3. The summed E-state index contributed by atoms with van der Waals surface area (Å²) in [5, 5.41) is 3.00. The van der Waals surface area contributed by atoms with Crippen molar-refractivity contribution in [1.29, 1.82) is 0 Å². The Labute approximate surface area is 97.2 Å². The van der Waals surface area contributed by atoms with Gasteiger partial charge in [-0.15, -0.1) is 0 Å². The summed E-state index contributed by atoms with van der Waals surface area (Å²) in [7, 11) is -1.70. The van der Waals surface area contributed by atoms with Gasteiger partial charge in [0.1, 0.15) is 0 Å². The number of hydrogen-bond acceptors (Lipinski definition) is 4. The van der Waals surface area contributed by atoms with Gasteiger partial charge in [0.2, 0.25) is 15.9 Å². The maximum Gasteiger partial charge on any atom is 0.242 e. The highest BCUT2D eigenvalue weighted by Gasteiger charge is 2.50. The van der Waals surface area contributed by atoms with Crippen LogP contribution >= 0.6 is 0 Å². The van der Waals surface area contributed by atoms with E-state index in [4.69, 9.17) is 0 Å². The molecule has 0 radical (unpaired) electrons. The van der Waals surface area contributed by atoms with Gasteiger partial charge in [-0.05, 0) is 34.7 Å². The summed E-state index contributed by atoms with van der Waals surface area (Å²) < 4.78 is 24.7. The van der Waals surface area contributed by atoms with Crippen LogP contribution in [0.15, 0.2) is 0 Å². The normalized spacial score (nSPS) is 23.8. The van der Waals surface area contributed by atoms with Gasteiger partial charge in [-0.2, -0.15) is 0 Å². The number of rotatable bonds is 3. The second kappa shape index (κ2) is 3.70. The second-order valence-corrected chi connectivity index (χ2v) is 7.48. The molecule has 0 saturated carbocycles. The maximum absolute atomic E-state index is 12.0. The predicted molar refractivity (Wildman–Crippen MR) is 62.4 cm³/mol. The van der Waals surface area contributed by atoms with Crippen molar-refractivity contribution >= 4 is 15.9 Å². The zero-order chi connectivity index (χ0) is 12.8. The van der Waals surface area contributed by atoms with Crippen LogP contribution in [0.25, 0.3) is 0 Å². The number of nitrogens with zero attached hydrogens (tertiary/aromatic N) is 1. The molecule has 1 fully saturated rings. The molecule has 1 N–H and O–H groups in total. The van der Waals surface area contributed by atoms with Gasteiger partial charge in [-0.25, -0.2) is 12.7 Å². The largest absolute Gasteiger partial charge is 0.313 e. The summed E-state index contributed by atoms with van der Waals surface area (Å²) >= 11 is 0. The molecule has 94 valence electrons. The molecule has 16 heavy (non-hydrogen) atoms. The number of nitrogens with one attached hydrogen (secondary N) is 1. The number of carbonyl (C=O) groups is 1. The Morgan fingerprint density at radius 2 is 1.94 bits per heavy atom. The molecular formula is C10H20N2O3S. The predicted octanol–water partition coefficient (Wildman–Crippen LogP) is 0.183. The number of sulfonamides is 1. The molecule has 6 heteroatoms. The minimum absolute atomic E-state index is 0.0986. The summed E-state index contributed by atoms with van der Waals surface area (Å²) in [6, 6.07) is 0. The van der Waals surface area contributed by atoms with E-state index in [1.54, 1.807) is 20.9 Å². The molecule has 1 heterocycles. The zero-order valence-corrected chi connectivity index (χ0v) is 11.3. The van der Waals surface area contributed by atoms with Crippen molar-refractivity contribution in [3.05, 3.63) is 0 Å². The molecule has 1 aliphatic heterocycles. The first-order chi connectivity index (χ1) is 7.02. The Balaban J connectivity index is 3.02. The molecule has 1 amide bonds. The van der Waals surface area contributed by atoms with Gasteiger partial charge in [-0.3, -0.25) is 4.79 Å². The molecule has 1 rings (SSSR count). The Morgan fingerprint density at radius 1 is 1.44 bits per heavy atom. The van der Waals surface area contributed by atoms with Crippen molar-refractivity contribution < 1.29 is 13.2 Å². The first-order valence-corrected chi connectivity index (χ1v) is 6.86. The zero-order valence-electron chi connectivity index (χ0n) is 10.5. The topological polar surface area (TPSA) is 66.5 Å². The van der Waals surface area contributed by atoms with Crippen molar-refractivity contribution in [2.24, 2.45) is 5.41 Å². The minimum atomic E-state index is -3.44. The number of likely N-dealkylation sites (N-methyl/N-ethyl adjacent to an activating group) is 1. The van der Waals surface area contributed by atoms with Crippen LogP contribution in [0.2, 0.25) is 0 Å². The van der Waals surface area contributed by atoms with Crippen LogP contribution in [0, 0.1) is 5.41 Å². The lowest BCUT2D eigenvalue weighted by Crippen LogP contribution is -2.49. The molecule has 0 unspecified atom stereocenters. The lowest BCUT2D eigenvalue weighted by atomic mass is 9.95. The van der Waals surface area contributed by atoms with Gasteiger partial charge in [0.15, 0.2) is 0 Å². The third-order valence-corrected chi connectivity index (χ3v) is 4.95. The summed E-state index contributed by atoms with van der Waals surface area (Å²) in [4.78, 5) is 12.0. The average Bonchev–Trinajstić information content (AvgIpc) is 2.24. The average molecular weight is 248 g/mol. The monoisotopic (exact) mass is 248 g/mol. The van der Waals surface area contributed by atoms with Gasteiger partial charge in [0.25, 0.3) is 0 Å². The molecule has 0 aromatic carbocycles. The van der Waals surface area contributed by atoms with E-state index in [0.29, 0.717) is 0 Å². The van der Waals surface area contributed by atoms with E-state index >= 15 is 0 Å². The molecule has 0 aromatic heterocycles. The van der Waals surface area contributed by atoms with Crippen LogP contribution in [0.4, 0.5) is 0 Å². The van der Waals surface area contributed by atoms with E-state index < -0.39 is 21.0 Å². The van der Waals surface area contributed by atoms with Crippen molar-refractivity contribution in [3.63, 3.8) is 0 Å². The molecule has 0 atom stereocenters. The summed E-state index contributed by atoms with van der Waals surface area (Å²) in [6.45, 7) is 7.23. The van der Waals surface area contributed by atoms with Crippen molar-refractivity contribution in [2.45, 2.75) is 33.2 Å². The Bertz CT molecular complexity index is 398. The van der Waals surface area contributed by atoms with Gasteiger partial charge < -0.3 is 5.32 Å². The number of hydrogen-bond donors (Lipinski definition) is 1. The lowest BCUT2D eigenvalue weighted by Gasteiger charge is -2.29. The van der Waals surface area contributed by atoms with E-state index in [0.717, 1.165) is 4.31 Å².